The minimum absolute atomic E-state index is 0.0501. The molecule has 1 amide bonds. The van der Waals surface area contributed by atoms with E-state index in [4.69, 9.17) is 0 Å². The second-order valence-electron chi connectivity index (χ2n) is 8.73. The topological polar surface area (TPSA) is 34.0 Å². The van der Waals surface area contributed by atoms with Gasteiger partial charge in [-0.1, -0.05) is 73.5 Å². The normalized spacial score (nSPS) is 12.1. The largest absolute Gasteiger partial charge is 0.356 e. The quantitative estimate of drug-likeness (QED) is 0.292. The van der Waals surface area contributed by atoms with Gasteiger partial charge < -0.3 is 9.88 Å². The van der Waals surface area contributed by atoms with E-state index in [0.717, 1.165) is 40.4 Å². The molecule has 4 aromatic rings. The van der Waals surface area contributed by atoms with Gasteiger partial charge in [0.25, 0.3) is 0 Å². The maximum absolute atomic E-state index is 13.4. The van der Waals surface area contributed by atoms with Gasteiger partial charge in [0.05, 0.1) is 0 Å². The number of amides is 1. The second-order valence-corrected chi connectivity index (χ2v) is 8.73. The number of nitrogens with one attached hydrogen (secondary N) is 1. The number of hydrogen-bond acceptors (Lipinski definition) is 1. The minimum Gasteiger partial charge on any atom is -0.356 e. The highest BCUT2D eigenvalue weighted by molar-refractivity contribution is 5.86. The molecule has 0 saturated heterocycles. The molecule has 0 aliphatic carbocycles. The fourth-order valence-electron chi connectivity index (χ4n) is 4.43. The highest BCUT2D eigenvalue weighted by Gasteiger charge is 2.23. The van der Waals surface area contributed by atoms with Gasteiger partial charge in [-0.3, -0.25) is 4.79 Å². The van der Waals surface area contributed by atoms with E-state index in [2.05, 4.69) is 66.3 Å². The van der Waals surface area contributed by atoms with Gasteiger partial charge in [0.15, 0.2) is 0 Å². The molecule has 4 rings (SSSR count). The molecule has 0 aliphatic heterocycles. The van der Waals surface area contributed by atoms with Crippen LogP contribution in [0.4, 0.5) is 4.39 Å². The van der Waals surface area contributed by atoms with Gasteiger partial charge in [-0.15, -0.1) is 0 Å². The average Bonchev–Trinajstić information content (AvgIpc) is 3.17. The number of fused-ring (bicyclic) bond motifs is 1. The Balaban J connectivity index is 1.74. The van der Waals surface area contributed by atoms with Crippen LogP contribution >= 0.6 is 0 Å². The van der Waals surface area contributed by atoms with Crippen molar-refractivity contribution < 1.29 is 9.18 Å². The van der Waals surface area contributed by atoms with Crippen LogP contribution in [0.1, 0.15) is 54.4 Å². The van der Waals surface area contributed by atoms with Crippen LogP contribution in [0.2, 0.25) is 0 Å². The first-order valence-corrected chi connectivity index (χ1v) is 11.7. The zero-order valence-electron chi connectivity index (χ0n) is 19.4. The maximum Gasteiger partial charge on any atom is 0.220 e. The number of aromatic nitrogens is 1. The molecular formula is C29H31FN2O. The molecule has 0 spiro atoms. The van der Waals surface area contributed by atoms with Crippen LogP contribution < -0.4 is 5.32 Å². The van der Waals surface area contributed by atoms with Crippen LogP contribution in [0.5, 0.6) is 0 Å². The molecule has 0 fully saturated rings. The van der Waals surface area contributed by atoms with Gasteiger partial charge in [0.1, 0.15) is 5.82 Å². The standard InChI is InChI=1S/C29H31FN2O/c1-3-4-16-31-29(33)18-26(23-9-7-8-21(2)17-23)27-20-32(28-11-6-5-10-25(27)28)19-22-12-14-24(30)15-13-22/h5-15,17,20,26H,3-4,16,18-19H2,1-2H3,(H,31,33). The van der Waals surface area contributed by atoms with Crippen molar-refractivity contribution in [1.29, 1.82) is 0 Å². The Bertz CT molecular complexity index is 1230. The molecule has 170 valence electrons. The van der Waals surface area contributed by atoms with E-state index in [-0.39, 0.29) is 17.6 Å². The summed E-state index contributed by atoms with van der Waals surface area (Å²) in [6.45, 7) is 5.56. The van der Waals surface area contributed by atoms with Crippen LogP contribution in [-0.4, -0.2) is 17.0 Å². The third kappa shape index (κ3) is 5.51. The lowest BCUT2D eigenvalue weighted by molar-refractivity contribution is -0.121. The van der Waals surface area contributed by atoms with Crippen molar-refractivity contribution >= 4 is 16.8 Å². The first-order chi connectivity index (χ1) is 16.0. The second kappa shape index (κ2) is 10.5. The molecule has 0 radical (unpaired) electrons. The molecule has 1 aromatic heterocycles. The molecule has 1 N–H and O–H groups in total. The molecule has 0 aliphatic rings. The Hall–Kier alpha value is -3.40. The van der Waals surface area contributed by atoms with Crippen molar-refractivity contribution in [3.05, 3.63) is 107 Å². The smallest absolute Gasteiger partial charge is 0.220 e. The Morgan fingerprint density at radius 3 is 2.58 bits per heavy atom. The highest BCUT2D eigenvalue weighted by atomic mass is 19.1. The third-order valence-electron chi connectivity index (χ3n) is 6.15. The van der Waals surface area contributed by atoms with E-state index in [9.17, 15) is 9.18 Å². The van der Waals surface area contributed by atoms with Crippen molar-refractivity contribution in [2.24, 2.45) is 0 Å². The van der Waals surface area contributed by atoms with Crippen LogP contribution in [0.15, 0.2) is 79.0 Å². The lowest BCUT2D eigenvalue weighted by Gasteiger charge is -2.18. The first kappa shape index (κ1) is 22.8. The summed E-state index contributed by atoms with van der Waals surface area (Å²) in [5.74, 6) is -0.207. The van der Waals surface area contributed by atoms with Crippen LogP contribution in [0, 0.1) is 12.7 Å². The number of nitrogens with zero attached hydrogens (tertiary/aromatic N) is 1. The van der Waals surface area contributed by atoms with Gasteiger partial charge in [0.2, 0.25) is 5.91 Å². The fourth-order valence-corrected chi connectivity index (χ4v) is 4.43. The van der Waals surface area contributed by atoms with Crippen molar-refractivity contribution in [3.63, 3.8) is 0 Å². The Labute approximate surface area is 195 Å². The summed E-state index contributed by atoms with van der Waals surface area (Å²) in [5, 5.41) is 4.23. The lowest BCUT2D eigenvalue weighted by Crippen LogP contribution is -2.26. The molecular weight excluding hydrogens is 411 g/mol. The summed E-state index contributed by atoms with van der Waals surface area (Å²) < 4.78 is 15.6. The number of hydrogen-bond donors (Lipinski definition) is 1. The molecule has 1 heterocycles. The summed E-state index contributed by atoms with van der Waals surface area (Å²) in [5.41, 5.74) is 5.61. The minimum atomic E-state index is -0.231. The van der Waals surface area contributed by atoms with E-state index >= 15 is 0 Å². The summed E-state index contributed by atoms with van der Waals surface area (Å²) in [4.78, 5) is 12.9. The molecule has 3 aromatic carbocycles. The zero-order valence-corrected chi connectivity index (χ0v) is 19.4. The maximum atomic E-state index is 13.4. The number of unbranched alkanes of at least 4 members (excludes halogenated alkanes) is 1. The van der Waals surface area contributed by atoms with Crippen molar-refractivity contribution in [3.8, 4) is 0 Å². The van der Waals surface area contributed by atoms with E-state index in [1.165, 1.54) is 17.7 Å². The summed E-state index contributed by atoms with van der Waals surface area (Å²) in [6.07, 6.45) is 4.61. The van der Waals surface area contributed by atoms with E-state index < -0.39 is 0 Å². The van der Waals surface area contributed by atoms with Gasteiger partial charge in [0, 0.05) is 42.5 Å². The summed E-state index contributed by atoms with van der Waals surface area (Å²) in [6, 6.07) is 23.4. The van der Waals surface area contributed by atoms with E-state index in [1.54, 1.807) is 0 Å². The SMILES string of the molecule is CCCCNC(=O)CC(c1cccc(C)c1)c1cn(Cc2ccc(F)cc2)c2ccccc12. The lowest BCUT2D eigenvalue weighted by atomic mass is 9.87. The van der Waals surface area contributed by atoms with E-state index in [1.807, 2.05) is 24.3 Å². The monoisotopic (exact) mass is 442 g/mol. The number of aryl methyl sites for hydroxylation is 1. The predicted octanol–water partition coefficient (Wildman–Crippen LogP) is 6.58. The van der Waals surface area contributed by atoms with Crippen molar-refractivity contribution in [2.45, 2.75) is 45.6 Å². The highest BCUT2D eigenvalue weighted by Crippen LogP contribution is 2.35. The number of para-hydroxylation sites is 1. The zero-order chi connectivity index (χ0) is 23.2. The Morgan fingerprint density at radius 1 is 1.03 bits per heavy atom. The van der Waals surface area contributed by atoms with Gasteiger partial charge in [-0.2, -0.15) is 0 Å². The van der Waals surface area contributed by atoms with Gasteiger partial charge in [-0.25, -0.2) is 4.39 Å². The Morgan fingerprint density at radius 2 is 1.82 bits per heavy atom. The number of benzene rings is 3. The molecule has 0 saturated carbocycles. The molecule has 1 unspecified atom stereocenters. The van der Waals surface area contributed by atoms with Crippen LogP contribution in [0.25, 0.3) is 10.9 Å². The molecule has 1 atom stereocenters. The number of carbonyl (C=O) groups is 1. The van der Waals surface area contributed by atoms with Gasteiger partial charge >= 0.3 is 0 Å². The molecule has 4 heteroatoms. The number of carbonyl (C=O) groups excluding carboxylic acids is 1. The van der Waals surface area contributed by atoms with Crippen molar-refractivity contribution in [1.82, 2.24) is 9.88 Å². The number of halogens is 1. The summed E-state index contributed by atoms with van der Waals surface area (Å²) >= 11 is 0. The fraction of sp³-hybridized carbons (Fsp3) is 0.276. The van der Waals surface area contributed by atoms with Crippen molar-refractivity contribution in [2.75, 3.05) is 6.54 Å². The Kier molecular flexibility index (Phi) is 7.23. The first-order valence-electron chi connectivity index (χ1n) is 11.7. The van der Waals surface area contributed by atoms with Crippen LogP contribution in [-0.2, 0) is 11.3 Å². The van der Waals surface area contributed by atoms with E-state index in [0.29, 0.717) is 19.5 Å². The third-order valence-corrected chi connectivity index (χ3v) is 6.15. The number of rotatable bonds is 9. The summed E-state index contributed by atoms with van der Waals surface area (Å²) in [7, 11) is 0. The average molecular weight is 443 g/mol. The predicted molar refractivity (Wildman–Crippen MR) is 133 cm³/mol. The van der Waals surface area contributed by atoms with Crippen LogP contribution in [0.3, 0.4) is 0 Å². The molecule has 0 bridgehead atoms. The van der Waals surface area contributed by atoms with Gasteiger partial charge in [-0.05, 0) is 48.2 Å². The molecule has 3 nitrogen and oxygen atoms in total. The molecule has 33 heavy (non-hydrogen) atoms.